The van der Waals surface area contributed by atoms with Crippen LogP contribution in [-0.2, 0) is 27.5 Å². The molecule has 4 rings (SSSR count). The van der Waals surface area contributed by atoms with Gasteiger partial charge in [-0.25, -0.2) is 22.2 Å². The number of carbonyl (C=O) groups is 1. The molecule has 1 N–H and O–H groups in total. The largest absolute Gasteiger partial charge is 0.443 e. The molecule has 1 saturated heterocycles. The molecule has 1 aliphatic heterocycles. The summed E-state index contributed by atoms with van der Waals surface area (Å²) in [5.41, 5.74) is 0.429. The van der Waals surface area contributed by atoms with Crippen LogP contribution in [0, 0.1) is 5.82 Å². The normalized spacial score (nSPS) is 20.8. The van der Waals surface area contributed by atoms with Crippen molar-refractivity contribution >= 4 is 38.9 Å². The minimum Gasteiger partial charge on any atom is -0.351 e. The molecule has 0 radical (unpaired) electrons. The topological polar surface area (TPSA) is 92.3 Å². The van der Waals surface area contributed by atoms with Crippen LogP contribution in [0.5, 0.6) is 0 Å². The van der Waals surface area contributed by atoms with Crippen LogP contribution in [-0.4, -0.2) is 46.9 Å². The summed E-state index contributed by atoms with van der Waals surface area (Å²) in [7, 11) is -4.34. The van der Waals surface area contributed by atoms with Crippen LogP contribution in [0.4, 0.5) is 22.0 Å². The number of hydrogen-bond acceptors (Lipinski definition) is 6. The third-order valence-electron chi connectivity index (χ3n) is 5.76. The lowest BCUT2D eigenvalue weighted by molar-refractivity contribution is -0.137. The van der Waals surface area contributed by atoms with E-state index in [1.165, 1.54) is 19.2 Å². The van der Waals surface area contributed by atoms with E-state index >= 15 is 0 Å². The van der Waals surface area contributed by atoms with E-state index in [2.05, 4.69) is 15.3 Å². The Morgan fingerprint density at radius 1 is 1.22 bits per heavy atom. The zero-order valence-electron chi connectivity index (χ0n) is 18.8. The first-order valence-electron chi connectivity index (χ1n) is 10.7. The third kappa shape index (κ3) is 5.61. The molecule has 0 aliphatic carbocycles. The number of carbonyl (C=O) groups excluding carboxylic acids is 1. The summed E-state index contributed by atoms with van der Waals surface area (Å²) < 4.78 is 93.6. The van der Waals surface area contributed by atoms with Gasteiger partial charge >= 0.3 is 6.18 Å². The molecule has 3 heterocycles. The van der Waals surface area contributed by atoms with Gasteiger partial charge in [0.1, 0.15) is 18.0 Å². The third-order valence-corrected chi connectivity index (χ3v) is 9.18. The summed E-state index contributed by atoms with van der Waals surface area (Å²) in [4.78, 5) is 20.2. The Hall–Kier alpha value is -2.68. The number of pyridine rings is 1. The average molecular weight is 581 g/mol. The molecular formula is C22H18ClF5N4O3S2. The lowest BCUT2D eigenvalue weighted by Gasteiger charge is -2.27. The highest BCUT2D eigenvalue weighted by Gasteiger charge is 2.49. The van der Waals surface area contributed by atoms with Gasteiger partial charge in [-0.1, -0.05) is 11.6 Å². The molecular weight excluding hydrogens is 563 g/mol. The first-order chi connectivity index (χ1) is 17.3. The zero-order chi connectivity index (χ0) is 27.1. The van der Waals surface area contributed by atoms with E-state index in [0.29, 0.717) is 11.3 Å². The fraction of sp³-hybridized carbons (Fsp3) is 0.318. The van der Waals surface area contributed by atoms with Gasteiger partial charge in [0.05, 0.1) is 26.5 Å². The quantitative estimate of drug-likeness (QED) is 0.422. The van der Waals surface area contributed by atoms with Crippen LogP contribution in [0.1, 0.15) is 23.9 Å². The van der Waals surface area contributed by atoms with Crippen LogP contribution in [0.2, 0.25) is 5.02 Å². The monoisotopic (exact) mass is 580 g/mol. The van der Waals surface area contributed by atoms with Crippen molar-refractivity contribution in [2.75, 3.05) is 0 Å². The molecule has 2 aromatic heterocycles. The number of thiazole rings is 1. The number of amides is 1. The van der Waals surface area contributed by atoms with E-state index in [1.807, 2.05) is 0 Å². The zero-order valence-corrected chi connectivity index (χ0v) is 21.2. The van der Waals surface area contributed by atoms with Gasteiger partial charge in [0.15, 0.2) is 5.01 Å². The second kappa shape index (κ2) is 10.2. The smallest absolute Gasteiger partial charge is 0.351 e. The fourth-order valence-corrected chi connectivity index (χ4v) is 6.60. The minimum absolute atomic E-state index is 0.101. The van der Waals surface area contributed by atoms with Crippen LogP contribution in [0.25, 0.3) is 10.6 Å². The van der Waals surface area contributed by atoms with Gasteiger partial charge in [-0.15, -0.1) is 11.3 Å². The van der Waals surface area contributed by atoms with Crippen molar-refractivity contribution in [1.29, 1.82) is 0 Å². The number of halogens is 6. The number of alkyl halides is 4. The van der Waals surface area contributed by atoms with Gasteiger partial charge in [-0.05, 0) is 42.8 Å². The summed E-state index contributed by atoms with van der Waals surface area (Å²) in [6.07, 6.45) is -4.42. The van der Waals surface area contributed by atoms with Crippen molar-refractivity contribution in [3.8, 4) is 10.6 Å². The van der Waals surface area contributed by atoms with Crippen molar-refractivity contribution < 1.29 is 35.2 Å². The molecule has 1 aliphatic rings. The number of rotatable bonds is 6. The van der Waals surface area contributed by atoms with E-state index in [1.54, 1.807) is 0 Å². The molecule has 7 nitrogen and oxygen atoms in total. The number of benzene rings is 1. The van der Waals surface area contributed by atoms with Crippen LogP contribution < -0.4 is 5.32 Å². The maximum atomic E-state index is 14.6. The van der Waals surface area contributed by atoms with Crippen molar-refractivity contribution in [2.45, 2.75) is 49.2 Å². The Balaban J connectivity index is 1.54. The maximum absolute atomic E-state index is 14.6. The highest BCUT2D eigenvalue weighted by molar-refractivity contribution is 7.89. The highest BCUT2D eigenvalue weighted by Crippen LogP contribution is 2.37. The summed E-state index contributed by atoms with van der Waals surface area (Å²) in [5, 5.41) is 1.57. The number of hydrogen-bond donors (Lipinski definition) is 1. The van der Waals surface area contributed by atoms with Crippen LogP contribution in [0.15, 0.2) is 47.6 Å². The van der Waals surface area contributed by atoms with E-state index in [0.717, 1.165) is 34.8 Å². The Morgan fingerprint density at radius 3 is 2.51 bits per heavy atom. The van der Waals surface area contributed by atoms with Crippen molar-refractivity contribution in [1.82, 2.24) is 19.6 Å². The Bertz CT molecular complexity index is 1420. The Morgan fingerprint density at radius 2 is 1.89 bits per heavy atom. The molecule has 0 saturated carbocycles. The second-order valence-electron chi connectivity index (χ2n) is 8.20. The van der Waals surface area contributed by atoms with Gasteiger partial charge in [0.25, 0.3) is 0 Å². The SMILES string of the molecule is CC1C(F)CC(C(=O)NCc2cc(-c3cnc(C(F)(F)F)s3)ncc2Cl)N1S(=O)(=O)c1ccc(F)cc1. The molecule has 0 spiro atoms. The average Bonchev–Trinajstić information content (AvgIpc) is 3.44. The lowest BCUT2D eigenvalue weighted by atomic mass is 10.1. The van der Waals surface area contributed by atoms with Gasteiger partial charge in [-0.2, -0.15) is 17.5 Å². The molecule has 3 aromatic rings. The standard InChI is InChI=1S/C22H18ClF5N4O3S2/c1-11-16(25)7-18(32(11)37(34,35)14-4-2-13(24)3-5-14)20(33)30-8-12-6-17(29-9-15(12)23)19-10-31-21(36-19)22(26,27)28/h2-6,9-11,16,18H,7-8H2,1H3,(H,30,33). The highest BCUT2D eigenvalue weighted by atomic mass is 35.5. The summed E-state index contributed by atoms with van der Waals surface area (Å²) in [6.45, 7) is 1.10. The maximum Gasteiger partial charge on any atom is 0.443 e. The van der Waals surface area contributed by atoms with Crippen molar-refractivity contribution in [2.24, 2.45) is 0 Å². The molecule has 1 fully saturated rings. The summed E-state index contributed by atoms with van der Waals surface area (Å²) in [5.74, 6) is -1.46. The molecule has 1 aromatic carbocycles. The molecule has 0 bridgehead atoms. The minimum atomic E-state index is -4.61. The first kappa shape index (κ1) is 27.4. The summed E-state index contributed by atoms with van der Waals surface area (Å²) >= 11 is 6.53. The molecule has 3 unspecified atom stereocenters. The van der Waals surface area contributed by atoms with Crippen molar-refractivity contribution in [3.63, 3.8) is 0 Å². The van der Waals surface area contributed by atoms with Crippen LogP contribution in [0.3, 0.4) is 0 Å². The van der Waals surface area contributed by atoms with E-state index in [9.17, 15) is 35.2 Å². The second-order valence-corrected chi connectivity index (χ2v) is 11.5. The fourth-order valence-electron chi connectivity index (χ4n) is 3.87. The van der Waals surface area contributed by atoms with Crippen LogP contribution >= 0.6 is 22.9 Å². The lowest BCUT2D eigenvalue weighted by Crippen LogP contribution is -2.48. The first-order valence-corrected chi connectivity index (χ1v) is 13.3. The molecule has 15 heteroatoms. The predicted octanol–water partition coefficient (Wildman–Crippen LogP) is 4.82. The van der Waals surface area contributed by atoms with Gasteiger partial charge in [0.2, 0.25) is 15.9 Å². The predicted molar refractivity (Wildman–Crippen MR) is 125 cm³/mol. The molecule has 3 atom stereocenters. The van der Waals surface area contributed by atoms with Gasteiger partial charge in [-0.3, -0.25) is 9.78 Å². The van der Waals surface area contributed by atoms with Gasteiger partial charge in [0, 0.05) is 25.4 Å². The Labute approximate surface area is 217 Å². The molecule has 1 amide bonds. The van der Waals surface area contributed by atoms with Gasteiger partial charge < -0.3 is 5.32 Å². The number of aromatic nitrogens is 2. The van der Waals surface area contributed by atoms with Crippen molar-refractivity contribution in [3.05, 3.63) is 64.1 Å². The van der Waals surface area contributed by atoms with E-state index in [4.69, 9.17) is 11.6 Å². The summed E-state index contributed by atoms with van der Waals surface area (Å²) in [6, 6.07) is 2.77. The number of nitrogens with one attached hydrogen (secondary N) is 1. The Kier molecular flexibility index (Phi) is 7.57. The number of nitrogens with zero attached hydrogens (tertiary/aromatic N) is 3. The van der Waals surface area contributed by atoms with E-state index < -0.39 is 57.6 Å². The van der Waals surface area contributed by atoms with E-state index in [-0.39, 0.29) is 32.6 Å². The number of sulfonamides is 1. The molecule has 198 valence electrons. The molecule has 37 heavy (non-hydrogen) atoms.